The van der Waals surface area contributed by atoms with Gasteiger partial charge in [0.15, 0.2) is 5.82 Å². The summed E-state index contributed by atoms with van der Waals surface area (Å²) in [6, 6.07) is 13.2. The van der Waals surface area contributed by atoms with Gasteiger partial charge >= 0.3 is 0 Å². The zero-order chi connectivity index (χ0) is 23.3. The highest BCUT2D eigenvalue weighted by Gasteiger charge is 2.19. The Morgan fingerprint density at radius 3 is 2.12 bits per heavy atom. The van der Waals surface area contributed by atoms with E-state index in [1.807, 2.05) is 13.8 Å². The molecule has 5 N–H and O–H groups in total. The molecule has 1 atom stereocenters. The van der Waals surface area contributed by atoms with Gasteiger partial charge in [-0.25, -0.2) is 14.4 Å². The molecule has 8 nitrogen and oxygen atoms in total. The molecule has 1 aromatic heterocycles. The molecule has 1 heterocycles. The fourth-order valence-electron chi connectivity index (χ4n) is 2.98. The summed E-state index contributed by atoms with van der Waals surface area (Å²) in [6.45, 7) is 3.93. The van der Waals surface area contributed by atoms with Gasteiger partial charge in [0.2, 0.25) is 5.91 Å². The number of rotatable bonds is 9. The smallest absolute Gasteiger partial charge is 0.267 e. The number of hydrogen-bond donors (Lipinski definition) is 3. The summed E-state index contributed by atoms with van der Waals surface area (Å²) in [7, 11) is 0. The number of amides is 2. The van der Waals surface area contributed by atoms with Crippen molar-refractivity contribution >= 4 is 17.6 Å². The minimum absolute atomic E-state index is 0.00286. The Morgan fingerprint density at radius 2 is 1.59 bits per heavy atom. The van der Waals surface area contributed by atoms with Crippen molar-refractivity contribution in [1.82, 2.24) is 9.97 Å². The van der Waals surface area contributed by atoms with Crippen LogP contribution in [-0.4, -0.2) is 27.8 Å². The summed E-state index contributed by atoms with van der Waals surface area (Å²) in [4.78, 5) is 32.2. The van der Waals surface area contributed by atoms with Gasteiger partial charge in [-0.1, -0.05) is 13.8 Å². The van der Waals surface area contributed by atoms with Gasteiger partial charge in [-0.2, -0.15) is 0 Å². The second-order valence-electron chi connectivity index (χ2n) is 7.64. The highest BCUT2D eigenvalue weighted by molar-refractivity contribution is 5.92. The van der Waals surface area contributed by atoms with Crippen LogP contribution in [0.1, 0.15) is 30.8 Å². The molecule has 0 radical (unpaired) electrons. The quantitative estimate of drug-likeness (QED) is 0.469. The molecule has 0 saturated carbocycles. The third kappa shape index (κ3) is 6.00. The molecule has 166 valence electrons. The number of nitrogens with zero attached hydrogens (tertiary/aromatic N) is 2. The molecular weight excluding hydrogens is 413 g/mol. The maximum atomic E-state index is 13.0. The van der Waals surface area contributed by atoms with Crippen LogP contribution in [0.5, 0.6) is 11.5 Å². The normalized spacial score (nSPS) is 11.8. The molecule has 3 rings (SSSR count). The molecule has 0 spiro atoms. The van der Waals surface area contributed by atoms with Gasteiger partial charge in [0.1, 0.15) is 34.9 Å². The predicted octanol–water partition coefficient (Wildman–Crippen LogP) is 3.49. The van der Waals surface area contributed by atoms with Crippen LogP contribution >= 0.6 is 0 Å². The standard InChI is InChI=1S/C23H24FN5O3/c1-13(2)11-18(21(25)30)27-20-12-19(22(26)31)28-23(29-20)14-3-7-16(8-4-14)32-17-9-5-15(24)6-10-17/h3-10,12-13,18H,11H2,1-2H3,(H2,25,30)(H2,26,31)(H,27,28,29)/t18-/m0/s1. The van der Waals surface area contributed by atoms with Crippen molar-refractivity contribution in [3.05, 3.63) is 66.1 Å². The van der Waals surface area contributed by atoms with Gasteiger partial charge in [0, 0.05) is 11.6 Å². The Balaban J connectivity index is 1.86. The van der Waals surface area contributed by atoms with E-state index >= 15 is 0 Å². The van der Waals surface area contributed by atoms with Crippen LogP contribution < -0.4 is 21.5 Å². The molecule has 0 fully saturated rings. The van der Waals surface area contributed by atoms with Crippen molar-refractivity contribution in [2.24, 2.45) is 17.4 Å². The summed E-state index contributed by atoms with van der Waals surface area (Å²) in [5.74, 6) is 0.121. The fraction of sp³-hybridized carbons (Fsp3) is 0.217. The number of halogens is 1. The number of carbonyl (C=O) groups excluding carboxylic acids is 2. The number of benzene rings is 2. The van der Waals surface area contributed by atoms with Gasteiger partial charge in [0.25, 0.3) is 5.91 Å². The number of hydrogen-bond acceptors (Lipinski definition) is 6. The van der Waals surface area contributed by atoms with Gasteiger partial charge in [0.05, 0.1) is 0 Å². The summed E-state index contributed by atoms with van der Waals surface area (Å²) >= 11 is 0. The molecule has 0 aliphatic carbocycles. The van der Waals surface area contributed by atoms with Crippen LogP contribution in [0.4, 0.5) is 10.2 Å². The Labute approximate surface area is 184 Å². The molecule has 0 saturated heterocycles. The summed E-state index contributed by atoms with van der Waals surface area (Å²) < 4.78 is 18.7. The van der Waals surface area contributed by atoms with E-state index in [-0.39, 0.29) is 29.1 Å². The summed E-state index contributed by atoms with van der Waals surface area (Å²) in [6.07, 6.45) is 0.496. The molecule has 0 bridgehead atoms. The molecular formula is C23H24FN5O3. The SMILES string of the molecule is CC(C)C[C@H](Nc1cc(C(N)=O)nc(-c2ccc(Oc3ccc(F)cc3)cc2)n1)C(N)=O. The van der Waals surface area contributed by atoms with E-state index < -0.39 is 17.9 Å². The van der Waals surface area contributed by atoms with Crippen LogP contribution in [0, 0.1) is 11.7 Å². The third-order valence-electron chi connectivity index (χ3n) is 4.51. The molecule has 0 aliphatic heterocycles. The molecule has 0 unspecified atom stereocenters. The summed E-state index contributed by atoms with van der Waals surface area (Å²) in [5.41, 5.74) is 11.5. The highest BCUT2D eigenvalue weighted by atomic mass is 19.1. The molecule has 3 aromatic rings. The monoisotopic (exact) mass is 437 g/mol. The van der Waals surface area contributed by atoms with Crippen molar-refractivity contribution in [2.45, 2.75) is 26.3 Å². The van der Waals surface area contributed by atoms with E-state index in [0.717, 1.165) is 0 Å². The second-order valence-corrected chi connectivity index (χ2v) is 7.64. The maximum Gasteiger partial charge on any atom is 0.267 e. The molecule has 2 amide bonds. The van der Waals surface area contributed by atoms with Crippen LogP contribution in [-0.2, 0) is 4.79 Å². The molecule has 9 heteroatoms. The van der Waals surface area contributed by atoms with Gasteiger partial charge < -0.3 is 21.5 Å². The van der Waals surface area contributed by atoms with Gasteiger partial charge in [-0.3, -0.25) is 9.59 Å². The average Bonchev–Trinajstić information content (AvgIpc) is 2.75. The van der Waals surface area contributed by atoms with Gasteiger partial charge in [-0.05, 0) is 60.9 Å². The lowest BCUT2D eigenvalue weighted by Gasteiger charge is -2.18. The lowest BCUT2D eigenvalue weighted by Crippen LogP contribution is -2.37. The molecule has 0 aliphatic rings. The number of carbonyl (C=O) groups is 2. The van der Waals surface area contributed by atoms with Crippen molar-refractivity contribution < 1.29 is 18.7 Å². The molecule has 32 heavy (non-hydrogen) atoms. The Bertz CT molecular complexity index is 1100. The van der Waals surface area contributed by atoms with Crippen LogP contribution in [0.3, 0.4) is 0 Å². The fourth-order valence-corrected chi connectivity index (χ4v) is 2.98. The predicted molar refractivity (Wildman–Crippen MR) is 119 cm³/mol. The van der Waals surface area contributed by atoms with E-state index in [9.17, 15) is 14.0 Å². The van der Waals surface area contributed by atoms with Crippen LogP contribution in [0.2, 0.25) is 0 Å². The second kappa shape index (κ2) is 9.86. The zero-order valence-corrected chi connectivity index (χ0v) is 17.7. The zero-order valence-electron chi connectivity index (χ0n) is 17.7. The number of anilines is 1. The van der Waals surface area contributed by atoms with Crippen molar-refractivity contribution in [3.8, 4) is 22.9 Å². The van der Waals surface area contributed by atoms with E-state index in [0.29, 0.717) is 23.5 Å². The van der Waals surface area contributed by atoms with Crippen LogP contribution in [0.25, 0.3) is 11.4 Å². The van der Waals surface area contributed by atoms with E-state index in [4.69, 9.17) is 16.2 Å². The Hall–Kier alpha value is -4.01. The number of ether oxygens (including phenoxy) is 1. The first kappa shape index (κ1) is 22.7. The third-order valence-corrected chi connectivity index (χ3v) is 4.51. The highest BCUT2D eigenvalue weighted by Crippen LogP contribution is 2.25. The van der Waals surface area contributed by atoms with Crippen molar-refractivity contribution in [1.29, 1.82) is 0 Å². The summed E-state index contributed by atoms with van der Waals surface area (Å²) in [5, 5.41) is 2.98. The lowest BCUT2D eigenvalue weighted by molar-refractivity contribution is -0.119. The lowest BCUT2D eigenvalue weighted by atomic mass is 10.0. The number of primary amides is 2. The van der Waals surface area contributed by atoms with Crippen LogP contribution in [0.15, 0.2) is 54.6 Å². The Morgan fingerprint density at radius 1 is 1.00 bits per heavy atom. The number of aromatic nitrogens is 2. The molecule has 2 aromatic carbocycles. The largest absolute Gasteiger partial charge is 0.457 e. The van der Waals surface area contributed by atoms with E-state index in [1.54, 1.807) is 24.3 Å². The number of nitrogens with two attached hydrogens (primary N) is 2. The first-order chi connectivity index (χ1) is 15.2. The van der Waals surface area contributed by atoms with E-state index in [1.165, 1.54) is 30.3 Å². The average molecular weight is 437 g/mol. The van der Waals surface area contributed by atoms with E-state index in [2.05, 4.69) is 15.3 Å². The minimum Gasteiger partial charge on any atom is -0.457 e. The van der Waals surface area contributed by atoms with Gasteiger partial charge in [-0.15, -0.1) is 0 Å². The maximum absolute atomic E-state index is 13.0. The Kier molecular flexibility index (Phi) is 6.99. The number of nitrogens with one attached hydrogen (secondary N) is 1. The van der Waals surface area contributed by atoms with Crippen molar-refractivity contribution in [2.75, 3.05) is 5.32 Å². The first-order valence-corrected chi connectivity index (χ1v) is 10.00. The topological polar surface area (TPSA) is 133 Å². The minimum atomic E-state index is -0.729. The van der Waals surface area contributed by atoms with Crippen molar-refractivity contribution in [3.63, 3.8) is 0 Å². The first-order valence-electron chi connectivity index (χ1n) is 10.00.